The molecule has 0 atom stereocenters. The van der Waals surface area contributed by atoms with E-state index in [4.69, 9.17) is 4.74 Å². The van der Waals surface area contributed by atoms with E-state index in [2.05, 4.69) is 16.0 Å². The average molecular weight is 416 g/mol. The number of alkyl carbamates (subject to hydrolysis) is 1. The molecular weight excluding hydrogens is 382 g/mol. The summed E-state index contributed by atoms with van der Waals surface area (Å²) in [6.45, 7) is 5.43. The second-order valence-electron chi connectivity index (χ2n) is 8.58. The molecule has 0 radical (unpaired) electrons. The van der Waals surface area contributed by atoms with Crippen molar-refractivity contribution < 1.29 is 19.1 Å². The van der Waals surface area contributed by atoms with Crippen molar-refractivity contribution >= 4 is 23.6 Å². The van der Waals surface area contributed by atoms with Gasteiger partial charge in [0.1, 0.15) is 12.1 Å². The van der Waals surface area contributed by atoms with Crippen molar-refractivity contribution in [2.24, 2.45) is 5.92 Å². The molecule has 1 aromatic carbocycles. The molecule has 1 aliphatic rings. The summed E-state index contributed by atoms with van der Waals surface area (Å²) in [6, 6.07) is 7.21. The molecule has 7 heteroatoms. The Bertz CT molecular complexity index is 762. The van der Waals surface area contributed by atoms with Crippen LogP contribution < -0.4 is 16.0 Å². The zero-order valence-corrected chi connectivity index (χ0v) is 18.1. The monoisotopic (exact) mass is 415 g/mol. The van der Waals surface area contributed by atoms with E-state index >= 15 is 0 Å². The van der Waals surface area contributed by atoms with Gasteiger partial charge < -0.3 is 20.7 Å². The van der Waals surface area contributed by atoms with E-state index in [1.807, 2.05) is 12.1 Å². The molecule has 164 valence electrons. The molecule has 1 aliphatic carbocycles. The van der Waals surface area contributed by atoms with Crippen molar-refractivity contribution in [2.75, 3.05) is 11.9 Å². The number of amides is 3. The summed E-state index contributed by atoms with van der Waals surface area (Å²) in [5, 5.41) is 8.01. The Labute approximate surface area is 178 Å². The minimum atomic E-state index is -0.643. The van der Waals surface area contributed by atoms with Gasteiger partial charge in [-0.15, -0.1) is 0 Å². The van der Waals surface area contributed by atoms with Crippen LogP contribution in [0.15, 0.2) is 36.4 Å². The SMILES string of the molecule is CC(C)(C)OC(=O)NCC(=O)Nc1cccc(CNC(=O)/C=C/C2CCCCC2)c1. The summed E-state index contributed by atoms with van der Waals surface area (Å²) in [6.07, 6.45) is 9.09. The van der Waals surface area contributed by atoms with E-state index in [-0.39, 0.29) is 18.4 Å². The lowest BCUT2D eigenvalue weighted by molar-refractivity contribution is -0.117. The highest BCUT2D eigenvalue weighted by Crippen LogP contribution is 2.24. The number of hydrogen-bond donors (Lipinski definition) is 3. The van der Waals surface area contributed by atoms with Gasteiger partial charge >= 0.3 is 6.09 Å². The molecule has 3 N–H and O–H groups in total. The molecular formula is C23H33N3O4. The lowest BCUT2D eigenvalue weighted by Crippen LogP contribution is -2.37. The first-order chi connectivity index (χ1) is 14.2. The van der Waals surface area contributed by atoms with E-state index in [0.29, 0.717) is 18.2 Å². The van der Waals surface area contributed by atoms with Crippen LogP contribution in [-0.4, -0.2) is 30.1 Å². The van der Waals surface area contributed by atoms with Gasteiger partial charge in [0.15, 0.2) is 0 Å². The van der Waals surface area contributed by atoms with Crippen molar-refractivity contribution in [2.45, 2.75) is 65.0 Å². The Morgan fingerprint density at radius 3 is 2.53 bits per heavy atom. The van der Waals surface area contributed by atoms with E-state index in [0.717, 1.165) is 18.4 Å². The third kappa shape index (κ3) is 9.58. The largest absolute Gasteiger partial charge is 0.444 e. The molecule has 2 rings (SSSR count). The highest BCUT2D eigenvalue weighted by molar-refractivity contribution is 5.94. The second-order valence-corrected chi connectivity index (χ2v) is 8.58. The van der Waals surface area contributed by atoms with Crippen LogP contribution in [-0.2, 0) is 20.9 Å². The van der Waals surface area contributed by atoms with Gasteiger partial charge in [-0.2, -0.15) is 0 Å². The molecule has 0 bridgehead atoms. The predicted octanol–water partition coefficient (Wildman–Crippen LogP) is 3.90. The fourth-order valence-electron chi connectivity index (χ4n) is 3.23. The Kier molecular flexibility index (Phi) is 8.89. The van der Waals surface area contributed by atoms with Crippen LogP contribution in [0.4, 0.5) is 10.5 Å². The molecule has 0 saturated heterocycles. The molecule has 3 amide bonds. The normalized spacial score (nSPS) is 14.9. The maximum Gasteiger partial charge on any atom is 0.408 e. The van der Waals surface area contributed by atoms with Gasteiger partial charge in [0.25, 0.3) is 0 Å². The minimum Gasteiger partial charge on any atom is -0.444 e. The number of carbonyl (C=O) groups is 3. The quantitative estimate of drug-likeness (QED) is 0.589. The molecule has 0 unspecified atom stereocenters. The number of nitrogens with one attached hydrogen (secondary N) is 3. The molecule has 1 aromatic rings. The van der Waals surface area contributed by atoms with Crippen molar-refractivity contribution in [1.29, 1.82) is 0 Å². The molecule has 0 heterocycles. The van der Waals surface area contributed by atoms with Gasteiger partial charge in [0.2, 0.25) is 11.8 Å². The van der Waals surface area contributed by atoms with Crippen molar-refractivity contribution in [3.8, 4) is 0 Å². The average Bonchev–Trinajstić information content (AvgIpc) is 2.69. The van der Waals surface area contributed by atoms with E-state index < -0.39 is 11.7 Å². The summed E-state index contributed by atoms with van der Waals surface area (Å²) < 4.78 is 5.09. The topological polar surface area (TPSA) is 96.5 Å². The Morgan fingerprint density at radius 1 is 1.10 bits per heavy atom. The number of anilines is 1. The number of rotatable bonds is 7. The lowest BCUT2D eigenvalue weighted by atomic mass is 9.89. The second kappa shape index (κ2) is 11.4. The van der Waals surface area contributed by atoms with Gasteiger partial charge in [0, 0.05) is 12.2 Å². The summed E-state index contributed by atoms with van der Waals surface area (Å²) >= 11 is 0. The number of ether oxygens (including phenoxy) is 1. The van der Waals surface area contributed by atoms with Crippen LogP contribution in [0.25, 0.3) is 0 Å². The third-order valence-electron chi connectivity index (χ3n) is 4.64. The first kappa shape index (κ1) is 23.4. The van der Waals surface area contributed by atoms with Crippen LogP contribution in [0.2, 0.25) is 0 Å². The highest BCUT2D eigenvalue weighted by Gasteiger charge is 2.16. The Balaban J connectivity index is 1.75. The summed E-state index contributed by atoms with van der Waals surface area (Å²) in [4.78, 5) is 35.7. The molecule has 7 nitrogen and oxygen atoms in total. The Hall–Kier alpha value is -2.83. The van der Waals surface area contributed by atoms with Gasteiger partial charge in [-0.05, 0) is 63.3 Å². The van der Waals surface area contributed by atoms with Gasteiger partial charge in [-0.3, -0.25) is 9.59 Å². The minimum absolute atomic E-state index is 0.114. The van der Waals surface area contributed by atoms with Crippen LogP contribution in [0.1, 0.15) is 58.4 Å². The van der Waals surface area contributed by atoms with Crippen LogP contribution in [0.3, 0.4) is 0 Å². The zero-order chi connectivity index (χ0) is 22.0. The number of hydrogen-bond acceptors (Lipinski definition) is 4. The maximum atomic E-state index is 12.1. The molecule has 30 heavy (non-hydrogen) atoms. The van der Waals surface area contributed by atoms with Crippen LogP contribution in [0, 0.1) is 5.92 Å². The summed E-state index contributed by atoms with van der Waals surface area (Å²) in [5.74, 6) is 0.0337. The van der Waals surface area contributed by atoms with Gasteiger partial charge in [-0.25, -0.2) is 4.79 Å². The van der Waals surface area contributed by atoms with Crippen molar-refractivity contribution in [3.63, 3.8) is 0 Å². The standard InChI is InChI=1S/C23H33N3O4/c1-23(2,3)30-22(29)25-16-21(28)26-19-11-7-10-18(14-19)15-24-20(27)13-12-17-8-5-4-6-9-17/h7,10-14,17H,4-6,8-9,15-16H2,1-3H3,(H,24,27)(H,25,29)(H,26,28)/b13-12+. The smallest absolute Gasteiger partial charge is 0.408 e. The molecule has 0 aliphatic heterocycles. The number of carbonyl (C=O) groups excluding carboxylic acids is 3. The van der Waals surface area contributed by atoms with Crippen molar-refractivity contribution in [1.82, 2.24) is 10.6 Å². The maximum absolute atomic E-state index is 12.1. The van der Waals surface area contributed by atoms with Crippen LogP contribution in [0.5, 0.6) is 0 Å². The molecule has 0 spiro atoms. The van der Waals surface area contributed by atoms with Crippen molar-refractivity contribution in [3.05, 3.63) is 42.0 Å². The Morgan fingerprint density at radius 2 is 1.83 bits per heavy atom. The van der Waals surface area contributed by atoms with Crippen LogP contribution >= 0.6 is 0 Å². The van der Waals surface area contributed by atoms with Gasteiger partial charge in [0.05, 0.1) is 0 Å². The first-order valence-corrected chi connectivity index (χ1v) is 10.5. The molecule has 1 fully saturated rings. The summed E-state index contributed by atoms with van der Waals surface area (Å²) in [7, 11) is 0. The lowest BCUT2D eigenvalue weighted by Gasteiger charge is -2.19. The predicted molar refractivity (Wildman–Crippen MR) is 117 cm³/mol. The number of benzene rings is 1. The highest BCUT2D eigenvalue weighted by atomic mass is 16.6. The number of allylic oxidation sites excluding steroid dienone is 1. The fraction of sp³-hybridized carbons (Fsp3) is 0.522. The van der Waals surface area contributed by atoms with Gasteiger partial charge in [-0.1, -0.05) is 37.5 Å². The molecule has 1 saturated carbocycles. The van der Waals surface area contributed by atoms with E-state index in [1.165, 1.54) is 19.3 Å². The van der Waals surface area contributed by atoms with E-state index in [1.54, 1.807) is 45.0 Å². The first-order valence-electron chi connectivity index (χ1n) is 10.5. The zero-order valence-electron chi connectivity index (χ0n) is 18.1. The summed E-state index contributed by atoms with van der Waals surface area (Å²) in [5.41, 5.74) is 0.841. The van der Waals surface area contributed by atoms with E-state index in [9.17, 15) is 14.4 Å². The fourth-order valence-corrected chi connectivity index (χ4v) is 3.23. The third-order valence-corrected chi connectivity index (χ3v) is 4.64. The molecule has 0 aromatic heterocycles.